The van der Waals surface area contributed by atoms with Crippen molar-refractivity contribution in [2.24, 2.45) is 5.92 Å². The Labute approximate surface area is 128 Å². The molecule has 0 aromatic heterocycles. The molecule has 0 heterocycles. The molecule has 1 N–H and O–H groups in total. The number of nitrogens with zero attached hydrogens (tertiary/aromatic N) is 1. The highest BCUT2D eigenvalue weighted by Gasteiger charge is 2.21. The Kier molecular flexibility index (Phi) is 6.50. The predicted molar refractivity (Wildman–Crippen MR) is 86.8 cm³/mol. The van der Waals surface area contributed by atoms with Crippen LogP contribution in [-0.4, -0.2) is 26.0 Å². The van der Waals surface area contributed by atoms with E-state index in [1.54, 1.807) is 4.90 Å². The van der Waals surface area contributed by atoms with Gasteiger partial charge in [-0.2, -0.15) is 0 Å². The molecule has 0 radical (unpaired) electrons. The van der Waals surface area contributed by atoms with E-state index in [-0.39, 0.29) is 18.3 Å². The Hall–Kier alpha value is -1.06. The fraction of sp³-hybridized carbons (Fsp3) is 0.562. The van der Waals surface area contributed by atoms with Crippen LogP contribution in [0.1, 0.15) is 38.2 Å². The molecule has 1 aromatic rings. The largest absolute Gasteiger partial charge is 0.314 e. The van der Waals surface area contributed by atoms with Crippen molar-refractivity contribution in [2.75, 3.05) is 25.0 Å². The van der Waals surface area contributed by atoms with E-state index in [1.165, 1.54) is 18.4 Å². The molecule has 0 aliphatic heterocycles. The van der Waals surface area contributed by atoms with Gasteiger partial charge < -0.3 is 10.2 Å². The summed E-state index contributed by atoms with van der Waals surface area (Å²) in [6, 6.07) is 8.22. The zero-order chi connectivity index (χ0) is 13.8. The zero-order valence-corrected chi connectivity index (χ0v) is 13.4. The number of carbonyl (C=O) groups is 1. The molecular weight excluding hydrogens is 272 g/mol. The molecule has 0 spiro atoms. The van der Waals surface area contributed by atoms with Gasteiger partial charge >= 0.3 is 0 Å². The number of rotatable bonds is 6. The quantitative estimate of drug-likeness (QED) is 0.874. The lowest BCUT2D eigenvalue weighted by Gasteiger charge is -2.19. The number of likely N-dealkylation sites (N-methyl/N-ethyl adjacent to an activating group) is 1. The standard InChI is InChI=1S/C16H24N2O.ClH/c1-12(2)14-5-4-6-15(9-14)18(3)16(19)11-17-10-13-7-8-13;/h4-6,9,12-13,17H,7-8,10-11H2,1-3H3;1H. The van der Waals surface area contributed by atoms with Crippen molar-refractivity contribution >= 4 is 24.0 Å². The van der Waals surface area contributed by atoms with Crippen LogP contribution in [0.15, 0.2) is 24.3 Å². The van der Waals surface area contributed by atoms with Gasteiger partial charge in [0.25, 0.3) is 0 Å². The van der Waals surface area contributed by atoms with E-state index in [0.29, 0.717) is 12.5 Å². The second-order valence-corrected chi connectivity index (χ2v) is 5.78. The third-order valence-corrected chi connectivity index (χ3v) is 3.70. The van der Waals surface area contributed by atoms with Crippen LogP contribution in [0, 0.1) is 5.92 Å². The van der Waals surface area contributed by atoms with Crippen LogP contribution >= 0.6 is 12.4 Å². The number of carbonyl (C=O) groups excluding carboxylic acids is 1. The maximum Gasteiger partial charge on any atom is 0.240 e. The van der Waals surface area contributed by atoms with Crippen molar-refractivity contribution in [2.45, 2.75) is 32.6 Å². The van der Waals surface area contributed by atoms with Gasteiger partial charge in [0.1, 0.15) is 0 Å². The van der Waals surface area contributed by atoms with Gasteiger partial charge in [-0.05, 0) is 48.9 Å². The molecule has 1 aliphatic rings. The summed E-state index contributed by atoms with van der Waals surface area (Å²) in [5.41, 5.74) is 2.24. The average molecular weight is 297 g/mol. The van der Waals surface area contributed by atoms with E-state index < -0.39 is 0 Å². The molecule has 1 aromatic carbocycles. The van der Waals surface area contributed by atoms with Crippen LogP contribution in [0.25, 0.3) is 0 Å². The van der Waals surface area contributed by atoms with Crippen LogP contribution in [0.4, 0.5) is 5.69 Å². The first-order chi connectivity index (χ1) is 9.08. The molecule has 0 saturated heterocycles. The molecule has 0 atom stereocenters. The molecule has 4 heteroatoms. The van der Waals surface area contributed by atoms with Crippen LogP contribution in [-0.2, 0) is 4.79 Å². The Morgan fingerprint density at radius 2 is 2.10 bits per heavy atom. The first kappa shape index (κ1) is 17.0. The first-order valence-corrected chi connectivity index (χ1v) is 7.15. The molecule has 1 saturated carbocycles. The first-order valence-electron chi connectivity index (χ1n) is 7.15. The van der Waals surface area contributed by atoms with Crippen LogP contribution in [0.3, 0.4) is 0 Å². The van der Waals surface area contributed by atoms with E-state index >= 15 is 0 Å². The lowest BCUT2D eigenvalue weighted by Crippen LogP contribution is -2.36. The average Bonchev–Trinajstić information content (AvgIpc) is 3.22. The lowest BCUT2D eigenvalue weighted by molar-refractivity contribution is -0.117. The third kappa shape index (κ3) is 4.80. The number of hydrogen-bond acceptors (Lipinski definition) is 2. The fourth-order valence-corrected chi connectivity index (χ4v) is 2.06. The molecule has 1 amide bonds. The molecule has 2 rings (SSSR count). The summed E-state index contributed by atoms with van der Waals surface area (Å²) in [5, 5.41) is 3.24. The molecular formula is C16H25ClN2O. The monoisotopic (exact) mass is 296 g/mol. The number of halogens is 1. The van der Waals surface area contributed by atoms with Crippen molar-refractivity contribution < 1.29 is 4.79 Å². The smallest absolute Gasteiger partial charge is 0.240 e. The maximum atomic E-state index is 12.1. The maximum absolute atomic E-state index is 12.1. The van der Waals surface area contributed by atoms with Crippen LogP contribution in [0.5, 0.6) is 0 Å². The number of nitrogens with one attached hydrogen (secondary N) is 1. The van der Waals surface area contributed by atoms with Gasteiger partial charge in [-0.1, -0.05) is 26.0 Å². The second kappa shape index (κ2) is 7.65. The van der Waals surface area contributed by atoms with Gasteiger partial charge in [0.15, 0.2) is 0 Å². The van der Waals surface area contributed by atoms with Gasteiger partial charge in [-0.25, -0.2) is 0 Å². The zero-order valence-electron chi connectivity index (χ0n) is 12.6. The number of amides is 1. The highest BCUT2D eigenvalue weighted by Crippen LogP contribution is 2.27. The predicted octanol–water partition coefficient (Wildman–Crippen LogP) is 3.19. The van der Waals surface area contributed by atoms with Crippen LogP contribution in [0.2, 0.25) is 0 Å². The highest BCUT2D eigenvalue weighted by molar-refractivity contribution is 5.94. The van der Waals surface area contributed by atoms with Gasteiger partial charge in [-0.15, -0.1) is 12.4 Å². The Balaban J connectivity index is 0.00000200. The summed E-state index contributed by atoms with van der Waals surface area (Å²) in [4.78, 5) is 13.8. The van der Waals surface area contributed by atoms with E-state index in [1.807, 2.05) is 19.2 Å². The summed E-state index contributed by atoms with van der Waals surface area (Å²) in [6.07, 6.45) is 2.63. The molecule has 1 fully saturated rings. The van der Waals surface area contributed by atoms with Crippen LogP contribution < -0.4 is 10.2 Å². The number of anilines is 1. The van der Waals surface area contributed by atoms with Gasteiger partial charge in [0.05, 0.1) is 6.54 Å². The minimum Gasteiger partial charge on any atom is -0.314 e. The number of hydrogen-bond donors (Lipinski definition) is 1. The highest BCUT2D eigenvalue weighted by atomic mass is 35.5. The third-order valence-electron chi connectivity index (χ3n) is 3.70. The summed E-state index contributed by atoms with van der Waals surface area (Å²) < 4.78 is 0. The minimum atomic E-state index is 0. The Morgan fingerprint density at radius 1 is 1.40 bits per heavy atom. The Bertz CT molecular complexity index is 444. The van der Waals surface area contributed by atoms with Crippen molar-refractivity contribution in [1.82, 2.24) is 5.32 Å². The van der Waals surface area contributed by atoms with E-state index in [4.69, 9.17) is 0 Å². The normalized spacial score (nSPS) is 14.0. The SMILES string of the molecule is CC(C)c1cccc(N(C)C(=O)CNCC2CC2)c1.Cl. The topological polar surface area (TPSA) is 32.3 Å². The van der Waals surface area contributed by atoms with Crippen molar-refractivity contribution in [3.8, 4) is 0 Å². The molecule has 0 bridgehead atoms. The molecule has 112 valence electrons. The molecule has 0 unspecified atom stereocenters. The molecule has 3 nitrogen and oxygen atoms in total. The van der Waals surface area contributed by atoms with Crippen molar-refractivity contribution in [3.05, 3.63) is 29.8 Å². The van der Waals surface area contributed by atoms with Gasteiger partial charge in [-0.3, -0.25) is 4.79 Å². The summed E-state index contributed by atoms with van der Waals surface area (Å²) in [7, 11) is 1.85. The molecule has 1 aliphatic carbocycles. The summed E-state index contributed by atoms with van der Waals surface area (Å²) in [5.74, 6) is 1.42. The minimum absolute atomic E-state index is 0. The van der Waals surface area contributed by atoms with Gasteiger partial charge in [0.2, 0.25) is 5.91 Å². The molecule has 20 heavy (non-hydrogen) atoms. The van der Waals surface area contributed by atoms with E-state index in [9.17, 15) is 4.79 Å². The van der Waals surface area contributed by atoms with E-state index in [0.717, 1.165) is 18.2 Å². The Morgan fingerprint density at radius 3 is 2.70 bits per heavy atom. The van der Waals surface area contributed by atoms with Gasteiger partial charge in [0, 0.05) is 12.7 Å². The lowest BCUT2D eigenvalue weighted by atomic mass is 10.0. The number of benzene rings is 1. The summed E-state index contributed by atoms with van der Waals surface area (Å²) >= 11 is 0. The van der Waals surface area contributed by atoms with Crippen molar-refractivity contribution in [3.63, 3.8) is 0 Å². The van der Waals surface area contributed by atoms with E-state index in [2.05, 4.69) is 31.3 Å². The second-order valence-electron chi connectivity index (χ2n) is 5.78. The summed E-state index contributed by atoms with van der Waals surface area (Å²) in [6.45, 7) is 5.74. The fourth-order valence-electron chi connectivity index (χ4n) is 2.06. The van der Waals surface area contributed by atoms with Crippen molar-refractivity contribution in [1.29, 1.82) is 0 Å².